The van der Waals surface area contributed by atoms with Crippen LogP contribution < -0.4 is 10.6 Å². The van der Waals surface area contributed by atoms with E-state index in [1.54, 1.807) is 24.6 Å². The van der Waals surface area contributed by atoms with Crippen molar-refractivity contribution in [2.24, 2.45) is 4.99 Å². The minimum Gasteiger partial charge on any atom is -0.469 e. The molecule has 0 amide bonds. The highest BCUT2D eigenvalue weighted by Crippen LogP contribution is 2.14. The molecule has 0 radical (unpaired) electrons. The van der Waals surface area contributed by atoms with Crippen LogP contribution in [0.25, 0.3) is 0 Å². The summed E-state index contributed by atoms with van der Waals surface area (Å²) in [5, 5.41) is 6.72. The van der Waals surface area contributed by atoms with Crippen molar-refractivity contribution in [2.75, 3.05) is 45.6 Å². The van der Waals surface area contributed by atoms with E-state index in [4.69, 9.17) is 9.15 Å². The molecule has 0 atom stereocenters. The van der Waals surface area contributed by atoms with Crippen molar-refractivity contribution in [1.29, 1.82) is 0 Å². The van der Waals surface area contributed by atoms with Gasteiger partial charge in [0.15, 0.2) is 5.96 Å². The number of ether oxygens (including phenoxy) is 1. The van der Waals surface area contributed by atoms with Crippen molar-refractivity contribution < 1.29 is 17.6 Å². The van der Waals surface area contributed by atoms with Crippen LogP contribution in [0.15, 0.2) is 27.8 Å². The molecule has 0 aliphatic carbocycles. The first-order valence-electron chi connectivity index (χ1n) is 9.09. The molecular weight excluding hydrogens is 356 g/mol. The molecule has 26 heavy (non-hydrogen) atoms. The number of hydrogen-bond donors (Lipinski definition) is 2. The molecule has 1 aromatic heterocycles. The maximum Gasteiger partial charge on any atom is 0.213 e. The van der Waals surface area contributed by atoms with E-state index in [1.807, 2.05) is 12.1 Å². The maximum absolute atomic E-state index is 12.0. The summed E-state index contributed by atoms with van der Waals surface area (Å²) in [4.78, 5) is 4.52. The van der Waals surface area contributed by atoms with Gasteiger partial charge in [-0.2, -0.15) is 0 Å². The fourth-order valence-corrected chi connectivity index (χ4v) is 3.95. The van der Waals surface area contributed by atoms with Gasteiger partial charge in [0.05, 0.1) is 25.2 Å². The van der Waals surface area contributed by atoms with Crippen LogP contribution in [0.4, 0.5) is 0 Å². The number of methoxy groups -OCH3 is 1. The van der Waals surface area contributed by atoms with Crippen LogP contribution in [0.5, 0.6) is 0 Å². The minimum atomic E-state index is -3.10. The quantitative estimate of drug-likeness (QED) is 0.371. The summed E-state index contributed by atoms with van der Waals surface area (Å²) in [6.07, 6.45) is 3.97. The summed E-state index contributed by atoms with van der Waals surface area (Å²) in [5.74, 6) is 1.81. The van der Waals surface area contributed by atoms with Gasteiger partial charge in [-0.15, -0.1) is 0 Å². The summed E-state index contributed by atoms with van der Waals surface area (Å²) < 4.78 is 35.9. The lowest BCUT2D eigenvalue weighted by atomic mass is 10.1. The monoisotopic (exact) mass is 386 g/mol. The molecule has 1 aromatic rings. The molecule has 8 nitrogen and oxygen atoms in total. The summed E-state index contributed by atoms with van der Waals surface area (Å²) >= 11 is 0. The second-order valence-corrected chi connectivity index (χ2v) is 8.46. The lowest BCUT2D eigenvalue weighted by Crippen LogP contribution is -2.50. The highest BCUT2D eigenvalue weighted by atomic mass is 32.2. The number of furan rings is 1. The molecule has 0 spiro atoms. The van der Waals surface area contributed by atoms with Crippen LogP contribution in [0.2, 0.25) is 0 Å². The van der Waals surface area contributed by atoms with E-state index in [0.717, 1.165) is 31.0 Å². The van der Waals surface area contributed by atoms with Gasteiger partial charge in [0.25, 0.3) is 0 Å². The van der Waals surface area contributed by atoms with Crippen LogP contribution in [0.1, 0.15) is 25.5 Å². The van der Waals surface area contributed by atoms with E-state index < -0.39 is 10.0 Å². The first kappa shape index (κ1) is 20.7. The number of piperidine rings is 1. The normalized spacial score (nSPS) is 17.4. The zero-order chi connectivity index (χ0) is 18.8. The molecule has 1 fully saturated rings. The van der Waals surface area contributed by atoms with E-state index in [-0.39, 0.29) is 11.8 Å². The molecule has 2 heterocycles. The van der Waals surface area contributed by atoms with Gasteiger partial charge >= 0.3 is 0 Å². The second kappa shape index (κ2) is 10.5. The highest BCUT2D eigenvalue weighted by Gasteiger charge is 2.27. The Kier molecular flexibility index (Phi) is 8.40. The van der Waals surface area contributed by atoms with Gasteiger partial charge in [-0.05, 0) is 31.9 Å². The summed E-state index contributed by atoms with van der Waals surface area (Å²) in [6, 6.07) is 4.02. The number of aliphatic imine (C=N–C) groups is 1. The molecule has 148 valence electrons. The van der Waals surface area contributed by atoms with E-state index in [0.29, 0.717) is 32.8 Å². The maximum atomic E-state index is 12.0. The Labute approximate surface area is 156 Å². The lowest BCUT2D eigenvalue weighted by molar-refractivity contribution is 0.207. The molecular formula is C17H30N4O4S. The van der Waals surface area contributed by atoms with Gasteiger partial charge in [-0.1, -0.05) is 0 Å². The van der Waals surface area contributed by atoms with Crippen molar-refractivity contribution in [1.82, 2.24) is 14.9 Å². The predicted molar refractivity (Wildman–Crippen MR) is 102 cm³/mol. The molecule has 9 heteroatoms. The van der Waals surface area contributed by atoms with Gasteiger partial charge in [-0.3, -0.25) is 4.99 Å². The molecule has 2 rings (SSSR count). The molecule has 0 saturated carbocycles. The first-order valence-corrected chi connectivity index (χ1v) is 10.7. The van der Waals surface area contributed by atoms with Crippen molar-refractivity contribution in [3.8, 4) is 0 Å². The van der Waals surface area contributed by atoms with Gasteiger partial charge in [-0.25, -0.2) is 12.7 Å². The summed E-state index contributed by atoms with van der Waals surface area (Å²) in [7, 11) is -1.45. The Morgan fingerprint density at radius 2 is 2.19 bits per heavy atom. The van der Waals surface area contributed by atoms with Crippen LogP contribution in [-0.2, 0) is 21.2 Å². The SMILES string of the molecule is CCS(=O)(=O)N1CCC(NC(=NCCOC)NCCc2ccco2)CC1. The molecule has 2 N–H and O–H groups in total. The van der Waals surface area contributed by atoms with Gasteiger partial charge in [0.1, 0.15) is 5.76 Å². The second-order valence-electron chi connectivity index (χ2n) is 6.20. The number of nitrogens with zero attached hydrogens (tertiary/aromatic N) is 2. The number of rotatable bonds is 9. The molecule has 1 aliphatic heterocycles. The van der Waals surface area contributed by atoms with Crippen molar-refractivity contribution in [2.45, 2.75) is 32.2 Å². The van der Waals surface area contributed by atoms with Crippen LogP contribution in [0.3, 0.4) is 0 Å². The standard InChI is InChI=1S/C17H30N4O4S/c1-3-26(22,23)21-11-7-15(8-12-21)20-17(19-10-14-24-2)18-9-6-16-5-4-13-25-16/h4-5,13,15H,3,6-12,14H2,1-2H3,(H2,18,19,20). The van der Waals surface area contributed by atoms with Crippen molar-refractivity contribution in [3.63, 3.8) is 0 Å². The average molecular weight is 387 g/mol. The Balaban J connectivity index is 1.83. The van der Waals surface area contributed by atoms with Gasteiger partial charge < -0.3 is 19.8 Å². The zero-order valence-electron chi connectivity index (χ0n) is 15.6. The van der Waals surface area contributed by atoms with Crippen molar-refractivity contribution in [3.05, 3.63) is 24.2 Å². The first-order chi connectivity index (χ1) is 12.5. The average Bonchev–Trinajstić information content (AvgIpc) is 3.15. The lowest BCUT2D eigenvalue weighted by Gasteiger charge is -2.32. The highest BCUT2D eigenvalue weighted by molar-refractivity contribution is 7.89. The van der Waals surface area contributed by atoms with Crippen molar-refractivity contribution >= 4 is 16.0 Å². The van der Waals surface area contributed by atoms with Crippen LogP contribution >= 0.6 is 0 Å². The Bertz CT molecular complexity index is 638. The number of guanidine groups is 1. The Hall–Kier alpha value is -1.58. The topological polar surface area (TPSA) is 96.2 Å². The number of sulfonamides is 1. The summed E-state index contributed by atoms with van der Waals surface area (Å²) in [6.45, 7) is 4.60. The van der Waals surface area contributed by atoms with E-state index in [1.165, 1.54) is 0 Å². The van der Waals surface area contributed by atoms with Gasteiger partial charge in [0.2, 0.25) is 10.0 Å². The van der Waals surface area contributed by atoms with Crippen LogP contribution in [0, 0.1) is 0 Å². The summed E-state index contributed by atoms with van der Waals surface area (Å²) in [5.41, 5.74) is 0. The Morgan fingerprint density at radius 1 is 1.42 bits per heavy atom. The minimum absolute atomic E-state index is 0.156. The molecule has 0 bridgehead atoms. The number of hydrogen-bond acceptors (Lipinski definition) is 5. The third-order valence-corrected chi connectivity index (χ3v) is 6.24. The largest absolute Gasteiger partial charge is 0.469 e. The van der Waals surface area contributed by atoms with Crippen LogP contribution in [-0.4, -0.2) is 70.4 Å². The zero-order valence-corrected chi connectivity index (χ0v) is 16.4. The number of nitrogens with one attached hydrogen (secondary N) is 2. The van der Waals surface area contributed by atoms with Gasteiger partial charge in [0, 0.05) is 39.2 Å². The molecule has 0 aromatic carbocycles. The fraction of sp³-hybridized carbons (Fsp3) is 0.706. The smallest absolute Gasteiger partial charge is 0.213 e. The molecule has 0 unspecified atom stereocenters. The predicted octanol–water partition coefficient (Wildman–Crippen LogP) is 0.818. The third-order valence-electron chi connectivity index (χ3n) is 4.36. The molecule has 1 aliphatic rings. The van der Waals surface area contributed by atoms with E-state index >= 15 is 0 Å². The Morgan fingerprint density at radius 3 is 2.81 bits per heavy atom. The third kappa shape index (κ3) is 6.62. The van der Waals surface area contributed by atoms with E-state index in [9.17, 15) is 8.42 Å². The molecule has 1 saturated heterocycles. The fourth-order valence-electron chi connectivity index (χ4n) is 2.81. The van der Waals surface area contributed by atoms with E-state index in [2.05, 4.69) is 15.6 Å².